The van der Waals surface area contributed by atoms with Crippen LogP contribution in [0.3, 0.4) is 0 Å². The molecule has 1 heterocycles. The average Bonchev–Trinajstić information content (AvgIpc) is 2.78. The molecule has 6 nitrogen and oxygen atoms in total. The highest BCUT2D eigenvalue weighted by Crippen LogP contribution is 2.17. The molecule has 0 aliphatic heterocycles. The maximum Gasteiger partial charge on any atom is 0.313 e. The maximum absolute atomic E-state index is 12.2. The number of nitrogens with one attached hydrogen (secondary N) is 1. The monoisotopic (exact) mass is 319 g/mol. The van der Waals surface area contributed by atoms with E-state index in [-0.39, 0.29) is 11.7 Å². The van der Waals surface area contributed by atoms with Crippen molar-refractivity contribution in [1.82, 2.24) is 9.78 Å². The van der Waals surface area contributed by atoms with Gasteiger partial charge in [-0.25, -0.2) is 0 Å². The smallest absolute Gasteiger partial charge is 0.313 e. The van der Waals surface area contributed by atoms with Gasteiger partial charge in [-0.2, -0.15) is 5.10 Å². The Labute approximate surface area is 132 Å². The molecule has 22 heavy (non-hydrogen) atoms. The average molecular weight is 319 g/mol. The van der Waals surface area contributed by atoms with Crippen molar-refractivity contribution in [3.05, 3.63) is 47.3 Å². The van der Waals surface area contributed by atoms with Crippen molar-refractivity contribution >= 4 is 29.3 Å². The number of carboxylic acid groups (broad SMARTS) is 1. The zero-order valence-electron chi connectivity index (χ0n) is 12.4. The molecule has 0 unspecified atom stereocenters. The number of carbonyl (C=O) groups excluding carboxylic acids is 1. The van der Waals surface area contributed by atoms with Gasteiger partial charge in [0.25, 0.3) is 5.91 Å². The van der Waals surface area contributed by atoms with Crippen LogP contribution in [0, 0.1) is 6.92 Å². The number of nitrogens with zero attached hydrogens (tertiary/aromatic N) is 2. The molecule has 0 radical (unpaired) electrons. The highest BCUT2D eigenvalue weighted by molar-refractivity contribution is 7.99. The molecule has 0 aliphatic rings. The van der Waals surface area contributed by atoms with E-state index >= 15 is 0 Å². The van der Waals surface area contributed by atoms with Gasteiger partial charge < -0.3 is 10.4 Å². The van der Waals surface area contributed by atoms with Gasteiger partial charge in [0.1, 0.15) is 5.69 Å². The molecule has 7 heteroatoms. The minimum Gasteiger partial charge on any atom is -0.481 e. The van der Waals surface area contributed by atoms with Crippen molar-refractivity contribution < 1.29 is 14.7 Å². The molecule has 2 rings (SSSR count). The van der Waals surface area contributed by atoms with Gasteiger partial charge in [-0.1, -0.05) is 12.1 Å². The molecule has 0 bridgehead atoms. The van der Waals surface area contributed by atoms with Gasteiger partial charge >= 0.3 is 5.97 Å². The van der Waals surface area contributed by atoms with Crippen LogP contribution in [0.15, 0.2) is 30.3 Å². The van der Waals surface area contributed by atoms with Gasteiger partial charge in [-0.15, -0.1) is 11.8 Å². The fourth-order valence-corrected chi connectivity index (χ4v) is 2.71. The van der Waals surface area contributed by atoms with E-state index in [2.05, 4.69) is 10.4 Å². The number of carbonyl (C=O) groups is 2. The van der Waals surface area contributed by atoms with Gasteiger partial charge in [0.05, 0.1) is 11.4 Å². The Bertz CT molecular complexity index is 697. The van der Waals surface area contributed by atoms with E-state index in [0.29, 0.717) is 17.1 Å². The second kappa shape index (κ2) is 7.13. The van der Waals surface area contributed by atoms with E-state index < -0.39 is 5.97 Å². The number of hydrogen-bond acceptors (Lipinski definition) is 4. The van der Waals surface area contributed by atoms with E-state index in [0.717, 1.165) is 11.3 Å². The van der Waals surface area contributed by atoms with E-state index in [9.17, 15) is 9.59 Å². The third-order valence-corrected chi connectivity index (χ3v) is 3.90. The molecule has 1 aromatic heterocycles. The van der Waals surface area contributed by atoms with Crippen LogP contribution in [0.5, 0.6) is 0 Å². The minimum atomic E-state index is -0.832. The van der Waals surface area contributed by atoms with Crippen molar-refractivity contribution in [2.75, 3.05) is 11.1 Å². The Morgan fingerprint density at radius 2 is 2.14 bits per heavy atom. The molecule has 0 aliphatic carbocycles. The number of thioether (sulfide) groups is 1. The number of aryl methyl sites for hydroxylation is 2. The number of amides is 1. The van der Waals surface area contributed by atoms with Crippen LogP contribution in [0.1, 0.15) is 21.7 Å². The standard InChI is InChI=1S/C15H17N3O3S/c1-10-6-13(18(2)17-10)15(21)16-12-5-3-4-11(7-12)8-22-9-14(19)20/h3-7H,8-9H2,1-2H3,(H,16,21)(H,19,20). The molecule has 0 saturated heterocycles. The summed E-state index contributed by atoms with van der Waals surface area (Å²) in [5.74, 6) is -0.411. The van der Waals surface area contributed by atoms with Crippen LogP contribution in [0.2, 0.25) is 0 Å². The molecule has 0 fully saturated rings. The Balaban J connectivity index is 2.02. The number of carboxylic acids is 1. The molecular formula is C15H17N3O3S. The van der Waals surface area contributed by atoms with Crippen LogP contribution in [-0.2, 0) is 17.6 Å². The first kappa shape index (κ1) is 16.1. The largest absolute Gasteiger partial charge is 0.481 e. The summed E-state index contributed by atoms with van der Waals surface area (Å²) in [4.78, 5) is 22.7. The van der Waals surface area contributed by atoms with Crippen molar-refractivity contribution in [3.8, 4) is 0 Å². The summed E-state index contributed by atoms with van der Waals surface area (Å²) in [5.41, 5.74) is 2.91. The first-order chi connectivity index (χ1) is 10.5. The summed E-state index contributed by atoms with van der Waals surface area (Å²) >= 11 is 1.32. The number of aliphatic carboxylic acids is 1. The molecule has 2 N–H and O–H groups in total. The summed E-state index contributed by atoms with van der Waals surface area (Å²) < 4.78 is 1.54. The van der Waals surface area contributed by atoms with E-state index in [4.69, 9.17) is 5.11 Å². The molecule has 1 amide bonds. The predicted octanol–water partition coefficient (Wildman–Crippen LogP) is 2.30. The third-order valence-electron chi connectivity index (χ3n) is 2.91. The van der Waals surface area contributed by atoms with Gasteiger partial charge in [0, 0.05) is 18.5 Å². The van der Waals surface area contributed by atoms with Crippen molar-refractivity contribution in [3.63, 3.8) is 0 Å². The van der Waals surface area contributed by atoms with E-state index in [1.165, 1.54) is 16.4 Å². The summed E-state index contributed by atoms with van der Waals surface area (Å²) in [6.07, 6.45) is 0. The van der Waals surface area contributed by atoms with Crippen LogP contribution in [0.4, 0.5) is 5.69 Å². The summed E-state index contributed by atoms with van der Waals surface area (Å²) in [6.45, 7) is 1.83. The molecule has 2 aromatic rings. The van der Waals surface area contributed by atoms with Crippen LogP contribution < -0.4 is 5.32 Å². The number of anilines is 1. The second-order valence-electron chi connectivity index (χ2n) is 4.84. The molecule has 0 atom stereocenters. The van der Waals surface area contributed by atoms with Crippen molar-refractivity contribution in [2.24, 2.45) is 7.05 Å². The Morgan fingerprint density at radius 3 is 2.77 bits per heavy atom. The van der Waals surface area contributed by atoms with Gasteiger partial charge in [0.2, 0.25) is 0 Å². The molecule has 1 aromatic carbocycles. The number of aromatic nitrogens is 2. The summed E-state index contributed by atoms with van der Waals surface area (Å²) in [6, 6.07) is 9.10. The summed E-state index contributed by atoms with van der Waals surface area (Å²) in [5, 5.41) is 15.6. The Hall–Kier alpha value is -2.28. The fraction of sp³-hybridized carbons (Fsp3) is 0.267. The summed E-state index contributed by atoms with van der Waals surface area (Å²) in [7, 11) is 1.72. The van der Waals surface area contributed by atoms with Crippen LogP contribution in [0.25, 0.3) is 0 Å². The highest BCUT2D eigenvalue weighted by atomic mass is 32.2. The number of rotatable bonds is 6. The van der Waals surface area contributed by atoms with E-state index in [1.807, 2.05) is 25.1 Å². The third kappa shape index (κ3) is 4.36. The Morgan fingerprint density at radius 1 is 1.36 bits per heavy atom. The van der Waals surface area contributed by atoms with Gasteiger partial charge in [0.15, 0.2) is 0 Å². The SMILES string of the molecule is Cc1cc(C(=O)Nc2cccc(CSCC(=O)O)c2)n(C)n1. The van der Waals surface area contributed by atoms with Crippen molar-refractivity contribution in [1.29, 1.82) is 0 Å². The maximum atomic E-state index is 12.2. The molecule has 0 saturated carbocycles. The lowest BCUT2D eigenvalue weighted by atomic mass is 10.2. The number of hydrogen-bond donors (Lipinski definition) is 2. The first-order valence-electron chi connectivity index (χ1n) is 6.66. The van der Waals surface area contributed by atoms with Gasteiger partial charge in [-0.3, -0.25) is 14.3 Å². The topological polar surface area (TPSA) is 84.2 Å². The van der Waals surface area contributed by atoms with Crippen LogP contribution in [-0.4, -0.2) is 32.5 Å². The highest BCUT2D eigenvalue weighted by Gasteiger charge is 2.12. The lowest BCUT2D eigenvalue weighted by Crippen LogP contribution is -2.16. The Kier molecular flexibility index (Phi) is 5.21. The fourth-order valence-electron chi connectivity index (χ4n) is 2.01. The van der Waals surface area contributed by atoms with E-state index in [1.54, 1.807) is 19.2 Å². The first-order valence-corrected chi connectivity index (χ1v) is 7.81. The van der Waals surface area contributed by atoms with Crippen molar-refractivity contribution in [2.45, 2.75) is 12.7 Å². The van der Waals surface area contributed by atoms with Gasteiger partial charge in [-0.05, 0) is 30.7 Å². The normalized spacial score (nSPS) is 10.5. The zero-order chi connectivity index (χ0) is 16.1. The van der Waals surface area contributed by atoms with Crippen LogP contribution >= 0.6 is 11.8 Å². The lowest BCUT2D eigenvalue weighted by Gasteiger charge is -2.07. The molecule has 116 valence electrons. The predicted molar refractivity (Wildman–Crippen MR) is 86.1 cm³/mol. The zero-order valence-corrected chi connectivity index (χ0v) is 13.2. The quantitative estimate of drug-likeness (QED) is 0.853. The lowest BCUT2D eigenvalue weighted by molar-refractivity contribution is -0.133. The number of benzene rings is 1. The minimum absolute atomic E-state index is 0.0604. The molecule has 0 spiro atoms. The molecular weight excluding hydrogens is 302 g/mol. The second-order valence-corrected chi connectivity index (χ2v) is 5.82.